The first-order valence-electron chi connectivity index (χ1n) is 8.36. The molecule has 9 heteroatoms. The zero-order valence-corrected chi connectivity index (χ0v) is 16.6. The first-order chi connectivity index (χ1) is 13.3. The molecule has 0 bridgehead atoms. The Hall–Kier alpha value is -1.93. The van der Waals surface area contributed by atoms with Crippen LogP contribution >= 0.6 is 23.2 Å². The molecule has 3 aromatic rings. The Morgan fingerprint density at radius 3 is 2.50 bits per heavy atom. The topological polar surface area (TPSA) is 42.3 Å². The van der Waals surface area contributed by atoms with Crippen molar-refractivity contribution < 1.29 is 17.2 Å². The summed E-state index contributed by atoms with van der Waals surface area (Å²) in [4.78, 5) is -0.580. The van der Waals surface area contributed by atoms with Crippen molar-refractivity contribution in [3.63, 3.8) is 0 Å². The lowest BCUT2D eigenvalue weighted by Gasteiger charge is -2.36. The van der Waals surface area contributed by atoms with E-state index in [1.807, 2.05) is 10.8 Å². The Kier molecular flexibility index (Phi) is 4.95. The zero-order chi connectivity index (χ0) is 20.1. The van der Waals surface area contributed by atoms with E-state index in [0.29, 0.717) is 33.9 Å². The maximum absolute atomic E-state index is 14.3. The summed E-state index contributed by atoms with van der Waals surface area (Å²) in [6.07, 6.45) is 1.84. The summed E-state index contributed by atoms with van der Waals surface area (Å²) in [6, 6.07) is 10.0. The highest BCUT2D eigenvalue weighted by atomic mass is 35.5. The standard InChI is InChI=1S/C19H14Cl2F2N2O2S/c20-12-3-5-14(15(21)10-12)19-17-2-1-7-24(17)8-9-25(19)28(26,27)18-6-4-13(22)11-16(18)23/h1-7,10-11,19H,8-9H2. The number of halogens is 4. The van der Waals surface area contributed by atoms with Crippen LogP contribution in [0.3, 0.4) is 0 Å². The predicted molar refractivity (Wildman–Crippen MR) is 103 cm³/mol. The van der Waals surface area contributed by atoms with Crippen molar-refractivity contribution in [2.75, 3.05) is 6.54 Å². The summed E-state index contributed by atoms with van der Waals surface area (Å²) in [7, 11) is -4.27. The van der Waals surface area contributed by atoms with Crippen molar-refractivity contribution in [2.24, 2.45) is 0 Å². The van der Waals surface area contributed by atoms with Crippen LogP contribution in [0.15, 0.2) is 59.6 Å². The SMILES string of the molecule is O=S(=O)(c1ccc(F)cc1F)N1CCn2cccc2C1c1ccc(Cl)cc1Cl. The van der Waals surface area contributed by atoms with Gasteiger partial charge >= 0.3 is 0 Å². The minimum atomic E-state index is -4.27. The van der Waals surface area contributed by atoms with Gasteiger partial charge < -0.3 is 4.57 Å². The van der Waals surface area contributed by atoms with Crippen LogP contribution in [-0.4, -0.2) is 23.8 Å². The quantitative estimate of drug-likeness (QED) is 0.580. The summed E-state index contributed by atoms with van der Waals surface area (Å²) < 4.78 is 57.3. The molecule has 0 amide bonds. The van der Waals surface area contributed by atoms with Gasteiger partial charge in [-0.25, -0.2) is 17.2 Å². The molecule has 146 valence electrons. The van der Waals surface area contributed by atoms with Crippen LogP contribution < -0.4 is 0 Å². The maximum Gasteiger partial charge on any atom is 0.246 e. The maximum atomic E-state index is 14.3. The van der Waals surface area contributed by atoms with Crippen molar-refractivity contribution in [2.45, 2.75) is 17.5 Å². The normalized spacial score (nSPS) is 17.5. The number of nitrogens with zero attached hydrogens (tertiary/aromatic N) is 2. The van der Waals surface area contributed by atoms with Gasteiger partial charge in [0.15, 0.2) is 0 Å². The number of rotatable bonds is 3. The minimum Gasteiger partial charge on any atom is -0.348 e. The summed E-state index contributed by atoms with van der Waals surface area (Å²) in [5, 5.41) is 0.714. The second-order valence-electron chi connectivity index (χ2n) is 6.39. The molecule has 1 aliphatic heterocycles. The van der Waals surface area contributed by atoms with E-state index in [9.17, 15) is 17.2 Å². The predicted octanol–water partition coefficient (Wildman–Crippen LogP) is 4.87. The van der Waals surface area contributed by atoms with E-state index < -0.39 is 32.6 Å². The zero-order valence-electron chi connectivity index (χ0n) is 14.3. The first kappa shape index (κ1) is 19.4. The number of sulfonamides is 1. The fraction of sp³-hybridized carbons (Fsp3) is 0.158. The third-order valence-corrected chi connectivity index (χ3v) is 7.19. The van der Waals surface area contributed by atoms with Crippen LogP contribution in [-0.2, 0) is 16.6 Å². The molecule has 1 aromatic heterocycles. The molecule has 0 saturated carbocycles. The van der Waals surface area contributed by atoms with E-state index in [1.54, 1.807) is 24.3 Å². The van der Waals surface area contributed by atoms with Gasteiger partial charge in [-0.3, -0.25) is 0 Å². The minimum absolute atomic E-state index is 0.102. The largest absolute Gasteiger partial charge is 0.348 e. The van der Waals surface area contributed by atoms with Crippen LogP contribution in [0.2, 0.25) is 10.0 Å². The second-order valence-corrected chi connectivity index (χ2v) is 9.09. The Bertz CT molecular complexity index is 1160. The van der Waals surface area contributed by atoms with Gasteiger partial charge in [-0.2, -0.15) is 4.31 Å². The number of benzene rings is 2. The Morgan fingerprint density at radius 2 is 1.79 bits per heavy atom. The Morgan fingerprint density at radius 1 is 1.00 bits per heavy atom. The van der Waals surface area contributed by atoms with Gasteiger partial charge in [0, 0.05) is 41.1 Å². The number of hydrogen-bond acceptors (Lipinski definition) is 2. The van der Waals surface area contributed by atoms with Crippen molar-refractivity contribution in [3.8, 4) is 0 Å². The van der Waals surface area contributed by atoms with Gasteiger partial charge in [0.1, 0.15) is 16.5 Å². The van der Waals surface area contributed by atoms with Crippen LogP contribution in [0.5, 0.6) is 0 Å². The fourth-order valence-corrected chi connectivity index (χ4v) is 5.60. The first-order valence-corrected chi connectivity index (χ1v) is 10.6. The molecule has 0 fully saturated rings. The molecule has 1 unspecified atom stereocenters. The third-order valence-electron chi connectivity index (χ3n) is 4.73. The number of fused-ring (bicyclic) bond motifs is 1. The smallest absolute Gasteiger partial charge is 0.246 e. The van der Waals surface area contributed by atoms with Gasteiger partial charge in [-0.05, 0) is 42.0 Å². The molecule has 0 N–H and O–H groups in total. The van der Waals surface area contributed by atoms with Crippen molar-refractivity contribution in [1.82, 2.24) is 8.87 Å². The van der Waals surface area contributed by atoms with E-state index in [1.165, 1.54) is 10.4 Å². The molecule has 0 radical (unpaired) electrons. The summed E-state index contributed by atoms with van der Waals surface area (Å²) >= 11 is 12.4. The van der Waals surface area contributed by atoms with Crippen molar-refractivity contribution in [1.29, 1.82) is 0 Å². The summed E-state index contributed by atoms with van der Waals surface area (Å²) in [5.41, 5.74) is 1.22. The van der Waals surface area contributed by atoms with E-state index in [0.717, 1.165) is 12.1 Å². The molecule has 0 aliphatic carbocycles. The van der Waals surface area contributed by atoms with Gasteiger partial charge in [-0.15, -0.1) is 0 Å². The molecule has 0 saturated heterocycles. The van der Waals surface area contributed by atoms with Crippen LogP contribution in [0.4, 0.5) is 8.78 Å². The van der Waals surface area contributed by atoms with E-state index in [2.05, 4.69) is 0 Å². The lowest BCUT2D eigenvalue weighted by atomic mass is 10.0. The molecule has 2 heterocycles. The summed E-state index contributed by atoms with van der Waals surface area (Å²) in [5.74, 6) is -1.98. The molecular weight excluding hydrogens is 429 g/mol. The fourth-order valence-electron chi connectivity index (χ4n) is 3.47. The molecular formula is C19H14Cl2F2N2O2S. The van der Waals surface area contributed by atoms with E-state index in [4.69, 9.17) is 23.2 Å². The van der Waals surface area contributed by atoms with Gasteiger partial charge in [0.05, 0.1) is 6.04 Å². The van der Waals surface area contributed by atoms with Gasteiger partial charge in [-0.1, -0.05) is 29.3 Å². The van der Waals surface area contributed by atoms with Crippen LogP contribution in [0.25, 0.3) is 0 Å². The third kappa shape index (κ3) is 3.22. The van der Waals surface area contributed by atoms with Crippen molar-refractivity contribution >= 4 is 33.2 Å². The molecule has 1 aliphatic rings. The van der Waals surface area contributed by atoms with Gasteiger partial charge in [0.2, 0.25) is 10.0 Å². The lowest BCUT2D eigenvalue weighted by Crippen LogP contribution is -2.42. The lowest BCUT2D eigenvalue weighted by molar-refractivity contribution is 0.297. The number of hydrogen-bond donors (Lipinski definition) is 0. The molecule has 28 heavy (non-hydrogen) atoms. The molecule has 0 spiro atoms. The average molecular weight is 443 g/mol. The monoisotopic (exact) mass is 442 g/mol. The number of aromatic nitrogens is 1. The molecule has 4 rings (SSSR count). The van der Waals surface area contributed by atoms with Crippen molar-refractivity contribution in [3.05, 3.63) is 87.7 Å². The van der Waals surface area contributed by atoms with Gasteiger partial charge in [0.25, 0.3) is 0 Å². The highest BCUT2D eigenvalue weighted by molar-refractivity contribution is 7.89. The van der Waals surface area contributed by atoms with E-state index >= 15 is 0 Å². The molecule has 4 nitrogen and oxygen atoms in total. The average Bonchev–Trinajstić information content (AvgIpc) is 3.09. The van der Waals surface area contributed by atoms with E-state index in [-0.39, 0.29) is 6.54 Å². The highest BCUT2D eigenvalue weighted by Gasteiger charge is 2.39. The second kappa shape index (κ2) is 7.15. The highest BCUT2D eigenvalue weighted by Crippen LogP contribution is 2.40. The Labute approximate surface area is 171 Å². The van der Waals surface area contributed by atoms with Crippen LogP contribution in [0.1, 0.15) is 17.3 Å². The summed E-state index contributed by atoms with van der Waals surface area (Å²) in [6.45, 7) is 0.497. The van der Waals surface area contributed by atoms with Crippen LogP contribution in [0, 0.1) is 11.6 Å². The molecule has 1 atom stereocenters. The molecule has 2 aromatic carbocycles. The Balaban J connectivity index is 1.89.